The van der Waals surface area contributed by atoms with Gasteiger partial charge in [-0.1, -0.05) is 0 Å². The first-order valence-corrected chi connectivity index (χ1v) is 15.3. The summed E-state index contributed by atoms with van der Waals surface area (Å²) in [6, 6.07) is 9.31. The number of carboxylic acid groups (broad SMARTS) is 1. The number of nitrogens with zero attached hydrogens (tertiary/aromatic N) is 2. The van der Waals surface area contributed by atoms with E-state index in [4.69, 9.17) is 9.66 Å². The highest BCUT2D eigenvalue weighted by Gasteiger charge is 2.22. The number of nitrogens with one attached hydrogen (secondary N) is 1. The Labute approximate surface area is 232 Å². The van der Waals surface area contributed by atoms with Crippen LogP contribution in [-0.2, 0) is 44.1 Å². The third-order valence-corrected chi connectivity index (χ3v) is 8.05. The van der Waals surface area contributed by atoms with E-state index < -0.39 is 70.9 Å². The van der Waals surface area contributed by atoms with Gasteiger partial charge in [0.1, 0.15) is 10.6 Å². The van der Waals surface area contributed by atoms with Crippen molar-refractivity contribution in [3.8, 4) is 5.75 Å². The molecule has 0 radical (unpaired) electrons. The molecule has 0 saturated carbocycles. The van der Waals surface area contributed by atoms with Gasteiger partial charge in [-0.05, 0) is 53.9 Å². The third kappa shape index (κ3) is 8.61. The molecular formula is C22H19N3O13S3. The van der Waals surface area contributed by atoms with E-state index in [-0.39, 0.29) is 27.0 Å². The van der Waals surface area contributed by atoms with E-state index in [0.29, 0.717) is 6.08 Å². The highest BCUT2D eigenvalue weighted by atomic mass is 32.3. The Balaban J connectivity index is 1.92. The van der Waals surface area contributed by atoms with Gasteiger partial charge in [-0.15, -0.1) is 5.11 Å². The number of phenolic OH excluding ortho intramolecular Hbond substituents is 1. The van der Waals surface area contributed by atoms with E-state index >= 15 is 0 Å². The Hall–Kier alpha value is -4.27. The molecule has 0 heterocycles. The van der Waals surface area contributed by atoms with Crippen molar-refractivity contribution >= 4 is 70.1 Å². The number of amides is 1. The summed E-state index contributed by atoms with van der Waals surface area (Å²) in [4.78, 5) is 21.3. The number of hydrogen-bond donors (Lipinski definition) is 5. The number of rotatable bonds is 11. The van der Waals surface area contributed by atoms with Crippen molar-refractivity contribution in [1.82, 2.24) is 0 Å². The van der Waals surface area contributed by atoms with Crippen LogP contribution in [0.4, 0.5) is 17.1 Å². The molecule has 0 aliphatic heterocycles. The minimum absolute atomic E-state index is 0.00797. The molecule has 3 rings (SSSR count). The SMILES string of the molecule is O=C(O)/C=C/C(=O)Nc1ccc2c(O)c(N=Nc3ccc(S(=O)(=O)CCOS(=O)(=O)O)cc3)c(S(=O)(=O)O)cc2c1. The lowest BCUT2D eigenvalue weighted by atomic mass is 10.1. The summed E-state index contributed by atoms with van der Waals surface area (Å²) in [5.74, 6) is -3.64. The molecule has 218 valence electrons. The maximum absolute atomic E-state index is 12.3. The first-order chi connectivity index (χ1) is 19.0. The van der Waals surface area contributed by atoms with Crippen molar-refractivity contribution in [2.45, 2.75) is 9.79 Å². The standard InChI is InChI=1S/C22H19N3O13S3/c26-19(7-8-20(27)28)23-15-3-6-17-13(11-15)12-18(40(32,33)34)21(22(17)29)25-24-14-1-4-16(5-2-14)39(30,31)10-9-38-41(35,36)37/h1-8,11-12,29H,9-10H2,(H,23,26)(H,27,28)(H,32,33,34)(H,35,36,37)/b8-7+,25-24?. The second-order valence-electron chi connectivity index (χ2n) is 7.91. The molecule has 3 aromatic carbocycles. The van der Waals surface area contributed by atoms with Gasteiger partial charge in [0.25, 0.3) is 10.1 Å². The molecule has 0 aliphatic rings. The van der Waals surface area contributed by atoms with Crippen LogP contribution in [-0.4, -0.2) is 68.8 Å². The summed E-state index contributed by atoms with van der Waals surface area (Å²) in [6.45, 7) is -0.835. The number of carboxylic acids is 1. The summed E-state index contributed by atoms with van der Waals surface area (Å²) in [7, 11) is -13.8. The van der Waals surface area contributed by atoms with Gasteiger partial charge < -0.3 is 15.5 Å². The van der Waals surface area contributed by atoms with Crippen LogP contribution in [0.2, 0.25) is 0 Å². The quantitative estimate of drug-likeness (QED) is 0.116. The van der Waals surface area contributed by atoms with Crippen molar-refractivity contribution in [1.29, 1.82) is 0 Å². The van der Waals surface area contributed by atoms with Crippen LogP contribution in [0.15, 0.2) is 80.7 Å². The maximum atomic E-state index is 12.3. The van der Waals surface area contributed by atoms with Crippen LogP contribution in [0.5, 0.6) is 5.75 Å². The van der Waals surface area contributed by atoms with Crippen molar-refractivity contribution in [3.63, 3.8) is 0 Å². The van der Waals surface area contributed by atoms with Gasteiger partial charge in [0, 0.05) is 23.2 Å². The third-order valence-electron chi connectivity index (χ3n) is 5.02. The molecule has 5 N–H and O–H groups in total. The highest BCUT2D eigenvalue weighted by Crippen LogP contribution is 2.42. The second kappa shape index (κ2) is 12.1. The molecule has 0 saturated heterocycles. The maximum Gasteiger partial charge on any atom is 0.397 e. The lowest BCUT2D eigenvalue weighted by molar-refractivity contribution is -0.131. The number of phenols is 1. The summed E-state index contributed by atoms with van der Waals surface area (Å²) in [5.41, 5.74) is -0.557. The normalized spacial score (nSPS) is 12.7. The molecule has 0 bridgehead atoms. The van der Waals surface area contributed by atoms with Crippen LogP contribution in [0.25, 0.3) is 10.8 Å². The van der Waals surface area contributed by atoms with Crippen LogP contribution in [0, 0.1) is 0 Å². The number of carbonyl (C=O) groups excluding carboxylic acids is 1. The van der Waals surface area contributed by atoms with Gasteiger partial charge >= 0.3 is 16.4 Å². The Morgan fingerprint density at radius 2 is 1.56 bits per heavy atom. The minimum Gasteiger partial charge on any atom is -0.505 e. The van der Waals surface area contributed by atoms with E-state index in [1.807, 2.05) is 0 Å². The smallest absolute Gasteiger partial charge is 0.397 e. The Morgan fingerprint density at radius 1 is 0.902 bits per heavy atom. The predicted octanol–water partition coefficient (Wildman–Crippen LogP) is 2.38. The van der Waals surface area contributed by atoms with E-state index in [1.165, 1.54) is 30.3 Å². The van der Waals surface area contributed by atoms with Crippen molar-refractivity contribution < 1.29 is 58.3 Å². The van der Waals surface area contributed by atoms with Crippen molar-refractivity contribution in [2.24, 2.45) is 10.2 Å². The van der Waals surface area contributed by atoms with Gasteiger partial charge in [0.15, 0.2) is 15.6 Å². The zero-order valence-electron chi connectivity index (χ0n) is 20.3. The van der Waals surface area contributed by atoms with Crippen LogP contribution < -0.4 is 5.32 Å². The Kier molecular flexibility index (Phi) is 9.21. The molecular weight excluding hydrogens is 610 g/mol. The minimum atomic E-state index is -4.98. The lowest BCUT2D eigenvalue weighted by Crippen LogP contribution is -2.15. The van der Waals surface area contributed by atoms with Crippen LogP contribution >= 0.6 is 0 Å². The van der Waals surface area contributed by atoms with Crippen LogP contribution in [0.3, 0.4) is 0 Å². The first-order valence-electron chi connectivity index (χ1n) is 10.8. The lowest BCUT2D eigenvalue weighted by Gasteiger charge is -2.10. The molecule has 0 unspecified atom stereocenters. The van der Waals surface area contributed by atoms with Gasteiger partial charge in [0.05, 0.1) is 22.9 Å². The molecule has 0 aliphatic carbocycles. The number of carbonyl (C=O) groups is 2. The predicted molar refractivity (Wildman–Crippen MR) is 141 cm³/mol. The summed E-state index contributed by atoms with van der Waals surface area (Å²) < 4.78 is 92.1. The van der Waals surface area contributed by atoms with E-state index in [1.54, 1.807) is 0 Å². The topological polar surface area (TPSA) is 263 Å². The van der Waals surface area contributed by atoms with Gasteiger partial charge in [-0.25, -0.2) is 17.4 Å². The average Bonchev–Trinajstić information content (AvgIpc) is 2.85. The Bertz CT molecular complexity index is 1900. The average molecular weight is 630 g/mol. The molecule has 1 amide bonds. The van der Waals surface area contributed by atoms with Gasteiger partial charge in [-0.3, -0.25) is 13.9 Å². The molecule has 41 heavy (non-hydrogen) atoms. The largest absolute Gasteiger partial charge is 0.505 e. The number of anilines is 1. The molecule has 0 aromatic heterocycles. The summed E-state index contributed by atoms with van der Waals surface area (Å²) in [5, 5.41) is 29.3. The van der Waals surface area contributed by atoms with E-state index in [9.17, 15) is 44.5 Å². The van der Waals surface area contributed by atoms with Crippen molar-refractivity contribution in [3.05, 3.63) is 60.7 Å². The molecule has 0 fully saturated rings. The molecule has 3 aromatic rings. The monoisotopic (exact) mass is 629 g/mol. The number of azo groups is 1. The zero-order chi connectivity index (χ0) is 30.6. The number of hydrogen-bond acceptors (Lipinski definition) is 12. The first kappa shape index (κ1) is 31.3. The number of benzene rings is 3. The molecule has 0 spiro atoms. The number of fused-ring (bicyclic) bond motifs is 1. The van der Waals surface area contributed by atoms with Gasteiger partial charge in [0.2, 0.25) is 5.91 Å². The van der Waals surface area contributed by atoms with E-state index in [0.717, 1.165) is 24.3 Å². The Morgan fingerprint density at radius 3 is 2.15 bits per heavy atom. The van der Waals surface area contributed by atoms with Crippen molar-refractivity contribution in [2.75, 3.05) is 17.7 Å². The van der Waals surface area contributed by atoms with E-state index in [2.05, 4.69) is 19.7 Å². The highest BCUT2D eigenvalue weighted by molar-refractivity contribution is 7.91. The fourth-order valence-corrected chi connectivity index (χ4v) is 5.39. The molecule has 19 heteroatoms. The fraction of sp³-hybridized carbons (Fsp3) is 0.0909. The zero-order valence-corrected chi connectivity index (χ0v) is 22.7. The summed E-state index contributed by atoms with van der Waals surface area (Å²) in [6.07, 6.45) is 1.35. The number of aromatic hydroxyl groups is 1. The second-order valence-corrected chi connectivity index (χ2v) is 12.5. The summed E-state index contributed by atoms with van der Waals surface area (Å²) >= 11 is 0. The fourth-order valence-electron chi connectivity index (χ4n) is 3.25. The number of aliphatic carboxylic acids is 1. The molecule has 0 atom stereocenters. The molecule has 16 nitrogen and oxygen atoms in total. The number of sulfone groups is 1. The van der Waals surface area contributed by atoms with Crippen LogP contribution in [0.1, 0.15) is 0 Å². The van der Waals surface area contributed by atoms with Gasteiger partial charge in [-0.2, -0.15) is 21.9 Å².